The van der Waals surface area contributed by atoms with Gasteiger partial charge in [0.05, 0.1) is 22.7 Å². The Balaban J connectivity index is 2.86. The number of hydrogen-bond donors (Lipinski definition) is 2. The predicted octanol–water partition coefficient (Wildman–Crippen LogP) is 1.48. The van der Waals surface area contributed by atoms with E-state index in [-0.39, 0.29) is 22.2 Å². The van der Waals surface area contributed by atoms with E-state index in [0.29, 0.717) is 5.69 Å². The summed E-state index contributed by atoms with van der Waals surface area (Å²) in [4.78, 5) is 22.5. The molecule has 3 N–H and O–H groups in total. The highest BCUT2D eigenvalue weighted by molar-refractivity contribution is 6.44. The van der Waals surface area contributed by atoms with Crippen LogP contribution in [0, 0.1) is 0 Å². The third kappa shape index (κ3) is 3.51. The van der Waals surface area contributed by atoms with Crippen LogP contribution in [0.1, 0.15) is 10.4 Å². The molecule has 1 rings (SSSR count). The highest BCUT2D eigenvalue weighted by atomic mass is 35.5. The maximum atomic E-state index is 11.7. The van der Waals surface area contributed by atoms with Crippen LogP contribution in [0.2, 0.25) is 10.0 Å². The van der Waals surface area contributed by atoms with Gasteiger partial charge in [0.15, 0.2) is 0 Å². The van der Waals surface area contributed by atoms with Crippen LogP contribution in [-0.4, -0.2) is 25.5 Å². The van der Waals surface area contributed by atoms with Crippen LogP contribution in [0.4, 0.5) is 5.69 Å². The fraction of sp³-hybridized carbons (Fsp3) is 0.200. The number of ether oxygens (including phenoxy) is 1. The molecule has 1 aromatic carbocycles. The molecular weight excluding hydrogens is 267 g/mol. The van der Waals surface area contributed by atoms with Crippen molar-refractivity contribution < 1.29 is 14.3 Å². The Labute approximate surface area is 108 Å². The lowest BCUT2D eigenvalue weighted by molar-refractivity contribution is -0.139. The second kappa shape index (κ2) is 5.75. The van der Waals surface area contributed by atoms with Gasteiger partial charge in [-0.1, -0.05) is 23.2 Å². The maximum Gasteiger partial charge on any atom is 0.325 e. The number of esters is 1. The number of nitrogens with two attached hydrogens (primary N) is 1. The van der Waals surface area contributed by atoms with Gasteiger partial charge in [-0.05, 0) is 12.1 Å². The normalized spacial score (nSPS) is 9.82. The number of methoxy groups -OCH3 is 1. The summed E-state index contributed by atoms with van der Waals surface area (Å²) in [6, 6.07) is 2.81. The molecule has 0 spiro atoms. The Morgan fingerprint density at radius 1 is 1.41 bits per heavy atom. The molecular formula is C10H10Cl2N2O3. The first kappa shape index (κ1) is 13.6. The minimum Gasteiger partial charge on any atom is -0.468 e. The number of anilines is 1. The molecule has 0 aliphatic rings. The molecule has 92 valence electrons. The van der Waals surface area contributed by atoms with E-state index in [0.717, 1.165) is 0 Å². The maximum absolute atomic E-state index is 11.7. The summed E-state index contributed by atoms with van der Waals surface area (Å²) >= 11 is 11.6. The number of halogens is 2. The van der Waals surface area contributed by atoms with Crippen molar-refractivity contribution in [2.75, 3.05) is 19.4 Å². The summed E-state index contributed by atoms with van der Waals surface area (Å²) in [5.41, 5.74) is 5.95. The van der Waals surface area contributed by atoms with E-state index in [4.69, 9.17) is 28.9 Å². The molecule has 0 saturated heterocycles. The van der Waals surface area contributed by atoms with Crippen LogP contribution in [0.15, 0.2) is 12.1 Å². The molecule has 0 bridgehead atoms. The third-order valence-corrected chi connectivity index (χ3v) is 2.72. The summed E-state index contributed by atoms with van der Waals surface area (Å²) in [5.74, 6) is -1.11. The average molecular weight is 277 g/mol. The summed E-state index contributed by atoms with van der Waals surface area (Å²) in [7, 11) is 1.22. The van der Waals surface area contributed by atoms with Crippen LogP contribution in [0.5, 0.6) is 0 Å². The molecule has 1 aromatic rings. The van der Waals surface area contributed by atoms with Crippen molar-refractivity contribution in [3.05, 3.63) is 27.7 Å². The molecule has 7 heteroatoms. The Hall–Kier alpha value is -1.46. The molecule has 0 fully saturated rings. The summed E-state index contributed by atoms with van der Waals surface area (Å²) in [5, 5.41) is 2.59. The Morgan fingerprint density at radius 2 is 2.06 bits per heavy atom. The Morgan fingerprint density at radius 3 is 2.65 bits per heavy atom. The number of rotatable bonds is 3. The first-order chi connectivity index (χ1) is 7.95. The molecule has 0 aliphatic carbocycles. The lowest BCUT2D eigenvalue weighted by atomic mass is 10.2. The summed E-state index contributed by atoms with van der Waals surface area (Å²) in [6.45, 7) is -0.252. The van der Waals surface area contributed by atoms with Gasteiger partial charge in [-0.25, -0.2) is 0 Å². The first-order valence-electron chi connectivity index (χ1n) is 4.55. The zero-order valence-electron chi connectivity index (χ0n) is 8.92. The molecule has 0 saturated carbocycles. The number of hydrogen-bond acceptors (Lipinski definition) is 4. The standard InChI is InChI=1S/C10H10Cl2N2O3/c1-17-8(15)4-14-10(16)6-2-5(13)3-7(11)9(6)12/h2-3H,4,13H2,1H3,(H,14,16). The van der Waals surface area contributed by atoms with E-state index in [2.05, 4.69) is 10.1 Å². The van der Waals surface area contributed by atoms with Crippen molar-refractivity contribution >= 4 is 40.8 Å². The predicted molar refractivity (Wildman–Crippen MR) is 65.2 cm³/mol. The number of carbonyl (C=O) groups is 2. The average Bonchev–Trinajstić information content (AvgIpc) is 2.30. The number of amides is 1. The number of carbonyl (C=O) groups excluding carboxylic acids is 2. The Bertz CT molecular complexity index is 463. The van der Waals surface area contributed by atoms with E-state index in [9.17, 15) is 9.59 Å². The fourth-order valence-corrected chi connectivity index (χ4v) is 1.52. The minimum absolute atomic E-state index is 0.0863. The number of benzene rings is 1. The SMILES string of the molecule is COC(=O)CNC(=O)c1cc(N)cc(Cl)c1Cl. The van der Waals surface area contributed by atoms with Crippen LogP contribution in [-0.2, 0) is 9.53 Å². The van der Waals surface area contributed by atoms with E-state index in [1.807, 2.05) is 0 Å². The van der Waals surface area contributed by atoms with Gasteiger partial charge in [0.2, 0.25) is 0 Å². The molecule has 1 amide bonds. The monoisotopic (exact) mass is 276 g/mol. The van der Waals surface area contributed by atoms with Gasteiger partial charge in [0.1, 0.15) is 6.54 Å². The van der Waals surface area contributed by atoms with Gasteiger partial charge in [0.25, 0.3) is 5.91 Å². The van der Waals surface area contributed by atoms with Crippen LogP contribution >= 0.6 is 23.2 Å². The van der Waals surface area contributed by atoms with Gasteiger partial charge < -0.3 is 15.8 Å². The zero-order chi connectivity index (χ0) is 13.0. The van der Waals surface area contributed by atoms with E-state index >= 15 is 0 Å². The van der Waals surface area contributed by atoms with Gasteiger partial charge in [-0.3, -0.25) is 9.59 Å². The fourth-order valence-electron chi connectivity index (χ4n) is 1.10. The highest BCUT2D eigenvalue weighted by Gasteiger charge is 2.15. The van der Waals surface area contributed by atoms with Crippen molar-refractivity contribution in [2.24, 2.45) is 0 Å². The van der Waals surface area contributed by atoms with Crippen LogP contribution in [0.3, 0.4) is 0 Å². The zero-order valence-corrected chi connectivity index (χ0v) is 10.4. The van der Waals surface area contributed by atoms with Crippen molar-refractivity contribution in [2.45, 2.75) is 0 Å². The van der Waals surface area contributed by atoms with Gasteiger partial charge in [0, 0.05) is 5.69 Å². The highest BCUT2D eigenvalue weighted by Crippen LogP contribution is 2.28. The van der Waals surface area contributed by atoms with E-state index in [1.54, 1.807) is 0 Å². The van der Waals surface area contributed by atoms with Crippen LogP contribution < -0.4 is 11.1 Å². The lowest BCUT2D eigenvalue weighted by Crippen LogP contribution is -2.30. The summed E-state index contributed by atoms with van der Waals surface area (Å²) < 4.78 is 4.38. The van der Waals surface area contributed by atoms with Crippen molar-refractivity contribution in [3.63, 3.8) is 0 Å². The van der Waals surface area contributed by atoms with Crippen LogP contribution in [0.25, 0.3) is 0 Å². The molecule has 0 aliphatic heterocycles. The van der Waals surface area contributed by atoms with E-state index in [1.165, 1.54) is 19.2 Å². The van der Waals surface area contributed by atoms with E-state index < -0.39 is 11.9 Å². The number of nitrogen functional groups attached to an aromatic ring is 1. The van der Waals surface area contributed by atoms with Crippen molar-refractivity contribution in [1.29, 1.82) is 0 Å². The molecule has 5 nitrogen and oxygen atoms in total. The molecule has 0 aromatic heterocycles. The van der Waals surface area contributed by atoms with Crippen molar-refractivity contribution in [3.8, 4) is 0 Å². The number of nitrogens with one attached hydrogen (secondary N) is 1. The quantitative estimate of drug-likeness (QED) is 0.647. The molecule has 0 radical (unpaired) electrons. The second-order valence-corrected chi connectivity index (χ2v) is 3.91. The first-order valence-corrected chi connectivity index (χ1v) is 5.30. The molecule has 0 unspecified atom stereocenters. The summed E-state index contributed by atoms with van der Waals surface area (Å²) in [6.07, 6.45) is 0. The smallest absolute Gasteiger partial charge is 0.325 e. The third-order valence-electron chi connectivity index (χ3n) is 1.92. The lowest BCUT2D eigenvalue weighted by Gasteiger charge is -2.08. The molecule has 0 atom stereocenters. The Kier molecular flexibility index (Phi) is 4.60. The van der Waals surface area contributed by atoms with Crippen molar-refractivity contribution in [1.82, 2.24) is 5.32 Å². The topological polar surface area (TPSA) is 81.4 Å². The molecule has 17 heavy (non-hydrogen) atoms. The second-order valence-electron chi connectivity index (χ2n) is 3.12. The molecule has 0 heterocycles. The van der Waals surface area contributed by atoms with Gasteiger partial charge in [-0.2, -0.15) is 0 Å². The minimum atomic E-state index is -0.565. The van der Waals surface area contributed by atoms with Gasteiger partial charge >= 0.3 is 5.97 Å². The largest absolute Gasteiger partial charge is 0.468 e. The van der Waals surface area contributed by atoms with Gasteiger partial charge in [-0.15, -0.1) is 0 Å².